The second-order valence-corrected chi connectivity index (χ2v) is 3.79. The SMILES string of the molecule is CCC(=O)Nc1ccc(OC)c(-c2ccco2)c1. The summed E-state index contributed by atoms with van der Waals surface area (Å²) in [5.41, 5.74) is 1.55. The number of furan rings is 1. The number of rotatable bonds is 4. The lowest BCUT2D eigenvalue weighted by Gasteiger charge is -2.09. The van der Waals surface area contributed by atoms with E-state index in [1.54, 1.807) is 19.4 Å². The Kier molecular flexibility index (Phi) is 3.67. The van der Waals surface area contributed by atoms with E-state index >= 15 is 0 Å². The maximum absolute atomic E-state index is 11.4. The molecule has 0 aliphatic carbocycles. The lowest BCUT2D eigenvalue weighted by atomic mass is 10.1. The van der Waals surface area contributed by atoms with Gasteiger partial charge in [0.15, 0.2) is 0 Å². The molecule has 0 atom stereocenters. The number of anilines is 1. The average molecular weight is 245 g/mol. The number of hydrogen-bond acceptors (Lipinski definition) is 3. The highest BCUT2D eigenvalue weighted by atomic mass is 16.5. The van der Waals surface area contributed by atoms with Gasteiger partial charge in [0.1, 0.15) is 11.5 Å². The number of amides is 1. The zero-order valence-electron chi connectivity index (χ0n) is 10.4. The van der Waals surface area contributed by atoms with Crippen molar-refractivity contribution in [1.29, 1.82) is 0 Å². The molecule has 4 heteroatoms. The van der Waals surface area contributed by atoms with E-state index in [1.165, 1.54) is 0 Å². The molecule has 0 saturated heterocycles. The summed E-state index contributed by atoms with van der Waals surface area (Å²) < 4.78 is 10.6. The molecule has 1 aromatic carbocycles. The molecule has 1 aromatic heterocycles. The van der Waals surface area contributed by atoms with Crippen LogP contribution in [-0.2, 0) is 4.79 Å². The lowest BCUT2D eigenvalue weighted by molar-refractivity contribution is -0.115. The molecule has 1 N–H and O–H groups in total. The fourth-order valence-electron chi connectivity index (χ4n) is 1.66. The summed E-state index contributed by atoms with van der Waals surface area (Å²) in [4.78, 5) is 11.4. The average Bonchev–Trinajstić information content (AvgIpc) is 2.92. The van der Waals surface area contributed by atoms with Crippen molar-refractivity contribution in [1.82, 2.24) is 0 Å². The molecule has 4 nitrogen and oxygen atoms in total. The van der Waals surface area contributed by atoms with Gasteiger partial charge in [0.25, 0.3) is 0 Å². The topological polar surface area (TPSA) is 51.5 Å². The smallest absolute Gasteiger partial charge is 0.224 e. The second kappa shape index (κ2) is 5.40. The van der Waals surface area contributed by atoms with Crippen molar-refractivity contribution < 1.29 is 13.9 Å². The molecule has 0 aliphatic heterocycles. The van der Waals surface area contributed by atoms with Crippen LogP contribution in [0.3, 0.4) is 0 Å². The van der Waals surface area contributed by atoms with Gasteiger partial charge in [0.05, 0.1) is 18.9 Å². The lowest BCUT2D eigenvalue weighted by Crippen LogP contribution is -2.09. The van der Waals surface area contributed by atoms with Gasteiger partial charge >= 0.3 is 0 Å². The minimum Gasteiger partial charge on any atom is -0.496 e. The molecule has 0 aliphatic rings. The summed E-state index contributed by atoms with van der Waals surface area (Å²) in [7, 11) is 1.60. The van der Waals surface area contributed by atoms with Crippen LogP contribution in [-0.4, -0.2) is 13.0 Å². The van der Waals surface area contributed by atoms with E-state index in [0.29, 0.717) is 17.9 Å². The molecule has 2 rings (SSSR count). The minimum atomic E-state index is -0.0226. The predicted octanol–water partition coefficient (Wildman–Crippen LogP) is 3.30. The number of ether oxygens (including phenoxy) is 1. The Morgan fingerprint density at radius 1 is 1.39 bits per heavy atom. The second-order valence-electron chi connectivity index (χ2n) is 3.79. The molecule has 0 fully saturated rings. The first-order valence-corrected chi connectivity index (χ1v) is 5.76. The maximum Gasteiger partial charge on any atom is 0.224 e. The summed E-state index contributed by atoms with van der Waals surface area (Å²) >= 11 is 0. The van der Waals surface area contributed by atoms with Gasteiger partial charge in [-0.15, -0.1) is 0 Å². The molecule has 0 spiro atoms. The van der Waals surface area contributed by atoms with Crippen LogP contribution in [0.15, 0.2) is 41.0 Å². The van der Waals surface area contributed by atoms with Crippen molar-refractivity contribution >= 4 is 11.6 Å². The Labute approximate surface area is 106 Å². The van der Waals surface area contributed by atoms with Crippen molar-refractivity contribution in [2.45, 2.75) is 13.3 Å². The molecular formula is C14H15NO3. The van der Waals surface area contributed by atoms with E-state index in [2.05, 4.69) is 5.32 Å². The number of hydrogen-bond donors (Lipinski definition) is 1. The third kappa shape index (κ3) is 2.53. The van der Waals surface area contributed by atoms with Gasteiger partial charge in [0, 0.05) is 12.1 Å². The number of carbonyl (C=O) groups is 1. The van der Waals surface area contributed by atoms with Crippen LogP contribution in [0.1, 0.15) is 13.3 Å². The van der Waals surface area contributed by atoms with Crippen LogP contribution in [0.4, 0.5) is 5.69 Å². The normalized spacial score (nSPS) is 10.1. The zero-order chi connectivity index (χ0) is 13.0. The molecule has 0 bridgehead atoms. The first-order chi connectivity index (χ1) is 8.74. The Morgan fingerprint density at radius 2 is 2.22 bits per heavy atom. The highest BCUT2D eigenvalue weighted by molar-refractivity contribution is 5.91. The van der Waals surface area contributed by atoms with E-state index in [9.17, 15) is 4.79 Å². The van der Waals surface area contributed by atoms with Gasteiger partial charge in [-0.3, -0.25) is 4.79 Å². The first-order valence-electron chi connectivity index (χ1n) is 5.76. The van der Waals surface area contributed by atoms with Gasteiger partial charge in [-0.1, -0.05) is 6.92 Å². The fourth-order valence-corrected chi connectivity index (χ4v) is 1.66. The van der Waals surface area contributed by atoms with Crippen molar-refractivity contribution in [3.8, 4) is 17.1 Å². The van der Waals surface area contributed by atoms with Gasteiger partial charge < -0.3 is 14.5 Å². The first kappa shape index (κ1) is 12.2. The standard InChI is InChI=1S/C14H15NO3/c1-3-14(16)15-10-6-7-12(17-2)11(9-10)13-5-4-8-18-13/h4-9H,3H2,1-2H3,(H,15,16). The highest BCUT2D eigenvalue weighted by Crippen LogP contribution is 2.32. The van der Waals surface area contributed by atoms with Crippen LogP contribution in [0.5, 0.6) is 5.75 Å². The van der Waals surface area contributed by atoms with Gasteiger partial charge in [0.2, 0.25) is 5.91 Å². The van der Waals surface area contributed by atoms with Crippen LogP contribution in [0.2, 0.25) is 0 Å². The van der Waals surface area contributed by atoms with Crippen LogP contribution in [0.25, 0.3) is 11.3 Å². The number of carbonyl (C=O) groups excluding carboxylic acids is 1. The molecule has 2 aromatic rings. The van der Waals surface area contributed by atoms with Gasteiger partial charge in [-0.05, 0) is 30.3 Å². The van der Waals surface area contributed by atoms with E-state index in [4.69, 9.17) is 9.15 Å². The Bertz CT molecular complexity index is 532. The summed E-state index contributed by atoms with van der Waals surface area (Å²) in [5.74, 6) is 1.39. The summed E-state index contributed by atoms with van der Waals surface area (Å²) in [6.45, 7) is 1.81. The molecule has 0 radical (unpaired) electrons. The van der Waals surface area contributed by atoms with E-state index in [0.717, 1.165) is 11.3 Å². The highest BCUT2D eigenvalue weighted by Gasteiger charge is 2.10. The quantitative estimate of drug-likeness (QED) is 0.899. The number of nitrogens with one attached hydrogen (secondary N) is 1. The maximum atomic E-state index is 11.4. The predicted molar refractivity (Wildman–Crippen MR) is 69.6 cm³/mol. The summed E-state index contributed by atoms with van der Waals surface area (Å²) in [6, 6.07) is 9.11. The van der Waals surface area contributed by atoms with Crippen LogP contribution in [0, 0.1) is 0 Å². The molecule has 1 amide bonds. The Balaban J connectivity index is 2.37. The molecule has 0 saturated carbocycles. The number of methoxy groups -OCH3 is 1. The number of benzene rings is 1. The summed E-state index contributed by atoms with van der Waals surface area (Å²) in [6.07, 6.45) is 2.05. The summed E-state index contributed by atoms with van der Waals surface area (Å²) in [5, 5.41) is 2.81. The molecular weight excluding hydrogens is 230 g/mol. The van der Waals surface area contributed by atoms with Crippen molar-refractivity contribution in [3.63, 3.8) is 0 Å². The molecule has 94 valence electrons. The van der Waals surface area contributed by atoms with Gasteiger partial charge in [-0.25, -0.2) is 0 Å². The molecule has 18 heavy (non-hydrogen) atoms. The monoisotopic (exact) mass is 245 g/mol. The van der Waals surface area contributed by atoms with Crippen molar-refractivity contribution in [2.24, 2.45) is 0 Å². The zero-order valence-corrected chi connectivity index (χ0v) is 10.4. The van der Waals surface area contributed by atoms with Crippen molar-refractivity contribution in [3.05, 3.63) is 36.6 Å². The van der Waals surface area contributed by atoms with Crippen LogP contribution >= 0.6 is 0 Å². The molecule has 1 heterocycles. The third-order valence-corrected chi connectivity index (χ3v) is 2.59. The minimum absolute atomic E-state index is 0.0226. The van der Waals surface area contributed by atoms with E-state index < -0.39 is 0 Å². The molecule has 0 unspecified atom stereocenters. The van der Waals surface area contributed by atoms with Gasteiger partial charge in [-0.2, -0.15) is 0 Å². The largest absolute Gasteiger partial charge is 0.496 e. The van der Waals surface area contributed by atoms with Crippen LogP contribution < -0.4 is 10.1 Å². The Hall–Kier alpha value is -2.23. The third-order valence-electron chi connectivity index (χ3n) is 2.59. The Morgan fingerprint density at radius 3 is 2.83 bits per heavy atom. The fraction of sp³-hybridized carbons (Fsp3) is 0.214. The van der Waals surface area contributed by atoms with E-state index in [1.807, 2.05) is 31.2 Å². The van der Waals surface area contributed by atoms with Crippen molar-refractivity contribution in [2.75, 3.05) is 12.4 Å². The van der Waals surface area contributed by atoms with E-state index in [-0.39, 0.29) is 5.91 Å².